The fourth-order valence-corrected chi connectivity index (χ4v) is 2.60. The maximum absolute atomic E-state index is 12.9. The zero-order valence-electron chi connectivity index (χ0n) is 13.8. The lowest BCUT2D eigenvalue weighted by molar-refractivity contribution is -0.115. The average Bonchev–Trinajstić information content (AvgIpc) is 3.40. The predicted octanol–water partition coefficient (Wildman–Crippen LogP) is 3.21. The van der Waals surface area contributed by atoms with Crippen molar-refractivity contribution in [3.63, 3.8) is 0 Å². The Labute approximate surface area is 148 Å². The maximum atomic E-state index is 12.9. The van der Waals surface area contributed by atoms with Crippen LogP contribution in [0.4, 0.5) is 10.1 Å². The molecule has 6 nitrogen and oxygen atoms in total. The lowest BCUT2D eigenvalue weighted by atomic mass is 10.2. The molecule has 0 aliphatic heterocycles. The fraction of sp³-hybridized carbons (Fsp3) is 0.211. The SMILES string of the molecule is O=C(CNC(=O)c1ccc(F)cc1)Nc1ccc2oc(C3CC3)nc2c1. The van der Waals surface area contributed by atoms with Crippen LogP contribution in [0, 0.1) is 5.82 Å². The van der Waals surface area contributed by atoms with Crippen molar-refractivity contribution in [2.75, 3.05) is 11.9 Å². The van der Waals surface area contributed by atoms with E-state index in [1.165, 1.54) is 24.3 Å². The predicted molar refractivity (Wildman–Crippen MR) is 93.3 cm³/mol. The molecule has 1 fully saturated rings. The van der Waals surface area contributed by atoms with Gasteiger partial charge in [0.05, 0.1) is 6.54 Å². The molecule has 0 radical (unpaired) electrons. The number of nitrogens with one attached hydrogen (secondary N) is 2. The molecule has 2 N–H and O–H groups in total. The molecule has 0 spiro atoms. The standard InChI is InChI=1S/C19H16FN3O3/c20-13-5-3-11(4-6-13)18(25)21-10-17(24)22-14-7-8-16-15(9-14)23-19(26-16)12-1-2-12/h3-9,12H,1-2,10H2,(H,21,25)(H,22,24). The summed E-state index contributed by atoms with van der Waals surface area (Å²) in [4.78, 5) is 28.4. The molecule has 1 aliphatic rings. The fourth-order valence-electron chi connectivity index (χ4n) is 2.60. The van der Waals surface area contributed by atoms with Gasteiger partial charge in [-0.05, 0) is 55.3 Å². The summed E-state index contributed by atoms with van der Waals surface area (Å²) >= 11 is 0. The van der Waals surface area contributed by atoms with Gasteiger partial charge in [0.2, 0.25) is 5.91 Å². The molecule has 7 heteroatoms. The number of aromatic nitrogens is 1. The summed E-state index contributed by atoms with van der Waals surface area (Å²) in [7, 11) is 0. The molecule has 0 bridgehead atoms. The highest BCUT2D eigenvalue weighted by Gasteiger charge is 2.28. The van der Waals surface area contributed by atoms with Gasteiger partial charge in [0, 0.05) is 17.2 Å². The summed E-state index contributed by atoms with van der Waals surface area (Å²) in [5.74, 6) is -0.0727. The number of anilines is 1. The Balaban J connectivity index is 1.36. The van der Waals surface area contributed by atoms with Crippen LogP contribution in [-0.2, 0) is 4.79 Å². The topological polar surface area (TPSA) is 84.2 Å². The Hall–Kier alpha value is -3.22. The van der Waals surface area contributed by atoms with Gasteiger partial charge in [-0.3, -0.25) is 9.59 Å². The first-order chi connectivity index (χ1) is 12.6. The number of fused-ring (bicyclic) bond motifs is 1. The van der Waals surface area contributed by atoms with Gasteiger partial charge in [-0.25, -0.2) is 9.37 Å². The van der Waals surface area contributed by atoms with Crippen LogP contribution < -0.4 is 10.6 Å². The van der Waals surface area contributed by atoms with E-state index in [-0.39, 0.29) is 18.0 Å². The van der Waals surface area contributed by atoms with Gasteiger partial charge < -0.3 is 15.1 Å². The second-order valence-corrected chi connectivity index (χ2v) is 6.25. The van der Waals surface area contributed by atoms with Gasteiger partial charge in [-0.2, -0.15) is 0 Å². The highest BCUT2D eigenvalue weighted by molar-refractivity contribution is 5.99. The third-order valence-electron chi connectivity index (χ3n) is 4.13. The van der Waals surface area contributed by atoms with Crippen LogP contribution in [0.2, 0.25) is 0 Å². The summed E-state index contributed by atoms with van der Waals surface area (Å²) in [6, 6.07) is 10.3. The number of rotatable bonds is 5. The van der Waals surface area contributed by atoms with Crippen LogP contribution in [0.5, 0.6) is 0 Å². The van der Waals surface area contributed by atoms with Gasteiger partial charge in [0.25, 0.3) is 5.91 Å². The molecule has 1 aliphatic carbocycles. The van der Waals surface area contributed by atoms with Crippen LogP contribution >= 0.6 is 0 Å². The van der Waals surface area contributed by atoms with Gasteiger partial charge in [0.1, 0.15) is 11.3 Å². The average molecular weight is 353 g/mol. The second kappa shape index (κ2) is 6.59. The number of hydrogen-bond donors (Lipinski definition) is 2. The lowest BCUT2D eigenvalue weighted by Gasteiger charge is -2.07. The monoisotopic (exact) mass is 353 g/mol. The van der Waals surface area contributed by atoms with Crippen molar-refractivity contribution in [3.8, 4) is 0 Å². The number of oxazole rings is 1. The Morgan fingerprint density at radius 3 is 2.65 bits per heavy atom. The van der Waals surface area contributed by atoms with Crippen molar-refractivity contribution >= 4 is 28.6 Å². The van der Waals surface area contributed by atoms with Crippen molar-refractivity contribution in [3.05, 3.63) is 59.7 Å². The molecule has 132 valence electrons. The molecule has 3 aromatic rings. The molecule has 2 aromatic carbocycles. The van der Waals surface area contributed by atoms with Gasteiger partial charge in [-0.1, -0.05) is 0 Å². The summed E-state index contributed by atoms with van der Waals surface area (Å²) in [5.41, 5.74) is 2.25. The minimum atomic E-state index is -0.443. The van der Waals surface area contributed by atoms with Crippen LogP contribution in [0.15, 0.2) is 46.9 Å². The number of halogens is 1. The van der Waals surface area contributed by atoms with Crippen LogP contribution in [-0.4, -0.2) is 23.3 Å². The Bertz CT molecular complexity index is 977. The van der Waals surface area contributed by atoms with Crippen LogP contribution in [0.25, 0.3) is 11.1 Å². The zero-order chi connectivity index (χ0) is 18.1. The second-order valence-electron chi connectivity index (χ2n) is 6.25. The Morgan fingerprint density at radius 2 is 1.92 bits per heavy atom. The molecule has 1 aromatic heterocycles. The van der Waals surface area contributed by atoms with Gasteiger partial charge in [-0.15, -0.1) is 0 Å². The zero-order valence-corrected chi connectivity index (χ0v) is 13.8. The van der Waals surface area contributed by atoms with Gasteiger partial charge in [0.15, 0.2) is 11.5 Å². The first-order valence-corrected chi connectivity index (χ1v) is 8.32. The van der Waals surface area contributed by atoms with E-state index in [2.05, 4.69) is 15.6 Å². The van der Waals surface area contributed by atoms with Crippen molar-refractivity contribution < 1.29 is 18.4 Å². The highest BCUT2D eigenvalue weighted by atomic mass is 19.1. The number of hydrogen-bond acceptors (Lipinski definition) is 4. The molecule has 26 heavy (non-hydrogen) atoms. The third-order valence-corrected chi connectivity index (χ3v) is 4.13. The maximum Gasteiger partial charge on any atom is 0.251 e. The molecule has 0 saturated heterocycles. The quantitative estimate of drug-likeness (QED) is 0.738. The summed E-state index contributed by atoms with van der Waals surface area (Å²) < 4.78 is 18.5. The number of carbonyl (C=O) groups excluding carboxylic acids is 2. The number of nitrogens with zero attached hydrogens (tertiary/aromatic N) is 1. The smallest absolute Gasteiger partial charge is 0.251 e. The summed E-state index contributed by atoms with van der Waals surface area (Å²) in [5, 5.41) is 5.20. The first-order valence-electron chi connectivity index (χ1n) is 8.32. The van der Waals surface area contributed by atoms with E-state index in [9.17, 15) is 14.0 Å². The number of carbonyl (C=O) groups is 2. The summed E-state index contributed by atoms with van der Waals surface area (Å²) in [6.07, 6.45) is 2.20. The van der Waals surface area contributed by atoms with E-state index in [4.69, 9.17) is 4.42 Å². The van der Waals surface area contributed by atoms with E-state index in [0.717, 1.165) is 18.7 Å². The van der Waals surface area contributed by atoms with E-state index in [1.54, 1.807) is 18.2 Å². The molecule has 1 saturated carbocycles. The van der Waals surface area contributed by atoms with E-state index < -0.39 is 11.7 Å². The van der Waals surface area contributed by atoms with Crippen molar-refractivity contribution in [2.24, 2.45) is 0 Å². The highest BCUT2D eigenvalue weighted by Crippen LogP contribution is 2.40. The van der Waals surface area contributed by atoms with Gasteiger partial charge >= 0.3 is 0 Å². The Kier molecular flexibility index (Phi) is 4.12. The molecular weight excluding hydrogens is 337 g/mol. The molecule has 4 rings (SSSR count). The van der Waals surface area contributed by atoms with E-state index in [1.807, 2.05) is 0 Å². The van der Waals surface area contributed by atoms with E-state index in [0.29, 0.717) is 22.7 Å². The van der Waals surface area contributed by atoms with Crippen molar-refractivity contribution in [1.29, 1.82) is 0 Å². The van der Waals surface area contributed by atoms with Crippen molar-refractivity contribution in [2.45, 2.75) is 18.8 Å². The minimum absolute atomic E-state index is 0.194. The molecule has 0 unspecified atom stereocenters. The molecule has 2 amide bonds. The Morgan fingerprint density at radius 1 is 1.15 bits per heavy atom. The normalized spacial score (nSPS) is 13.6. The summed E-state index contributed by atoms with van der Waals surface area (Å²) in [6.45, 7) is -0.194. The third kappa shape index (κ3) is 3.56. The number of benzene rings is 2. The first kappa shape index (κ1) is 16.3. The number of amides is 2. The van der Waals surface area contributed by atoms with Crippen LogP contribution in [0.1, 0.15) is 35.0 Å². The largest absolute Gasteiger partial charge is 0.440 e. The minimum Gasteiger partial charge on any atom is -0.440 e. The lowest BCUT2D eigenvalue weighted by Crippen LogP contribution is -2.32. The molecular formula is C19H16FN3O3. The molecule has 0 atom stereocenters. The molecule has 1 heterocycles. The van der Waals surface area contributed by atoms with Crippen molar-refractivity contribution in [1.82, 2.24) is 10.3 Å². The van der Waals surface area contributed by atoms with E-state index >= 15 is 0 Å². The van der Waals surface area contributed by atoms with Crippen LogP contribution in [0.3, 0.4) is 0 Å².